The van der Waals surface area contributed by atoms with E-state index in [2.05, 4.69) is 18.0 Å². The maximum Gasteiger partial charge on any atom is 0.320 e. The Morgan fingerprint density at radius 2 is 2.16 bits per heavy atom. The molecular formula is C20H24N2O3. The van der Waals surface area contributed by atoms with E-state index in [9.17, 15) is 9.90 Å². The number of likely N-dealkylation sites (tertiary alicyclic amines) is 1. The number of para-hydroxylation sites is 1. The highest BCUT2D eigenvalue weighted by Crippen LogP contribution is 2.38. The van der Waals surface area contributed by atoms with Gasteiger partial charge >= 0.3 is 5.97 Å². The van der Waals surface area contributed by atoms with Gasteiger partial charge in [-0.25, -0.2) is 0 Å². The average molecular weight is 340 g/mol. The van der Waals surface area contributed by atoms with E-state index in [1.54, 1.807) is 7.11 Å². The molecule has 2 atom stereocenters. The highest BCUT2D eigenvalue weighted by atomic mass is 16.5. The molecule has 1 aromatic heterocycles. The summed E-state index contributed by atoms with van der Waals surface area (Å²) in [5.41, 5.74) is 2.98. The fraction of sp³-hybridized carbons (Fsp3) is 0.400. The molecule has 2 unspecified atom stereocenters. The van der Waals surface area contributed by atoms with Gasteiger partial charge in [0.25, 0.3) is 0 Å². The zero-order chi connectivity index (χ0) is 17.8. The zero-order valence-corrected chi connectivity index (χ0v) is 14.7. The number of ether oxygens (including phenoxy) is 1. The minimum atomic E-state index is -0.775. The van der Waals surface area contributed by atoms with Crippen molar-refractivity contribution in [1.82, 2.24) is 9.88 Å². The van der Waals surface area contributed by atoms with Crippen molar-refractivity contribution in [3.05, 3.63) is 59.4 Å². The lowest BCUT2D eigenvalue weighted by Gasteiger charge is -2.32. The van der Waals surface area contributed by atoms with Crippen molar-refractivity contribution in [2.24, 2.45) is 0 Å². The van der Waals surface area contributed by atoms with E-state index in [0.717, 1.165) is 36.4 Å². The van der Waals surface area contributed by atoms with Crippen molar-refractivity contribution >= 4 is 5.97 Å². The predicted molar refractivity (Wildman–Crippen MR) is 95.8 cm³/mol. The molecule has 0 amide bonds. The van der Waals surface area contributed by atoms with E-state index in [0.29, 0.717) is 6.42 Å². The molecular weight excluding hydrogens is 316 g/mol. The van der Waals surface area contributed by atoms with Gasteiger partial charge in [-0.2, -0.15) is 0 Å². The summed E-state index contributed by atoms with van der Waals surface area (Å²) in [6.45, 7) is 2.83. The highest BCUT2D eigenvalue weighted by molar-refractivity contribution is 5.74. The normalized spacial score (nSPS) is 18.9. The molecule has 2 aromatic rings. The Kier molecular flexibility index (Phi) is 5.34. The van der Waals surface area contributed by atoms with E-state index in [-0.39, 0.29) is 6.04 Å². The maximum absolute atomic E-state index is 11.7. The first-order valence-electron chi connectivity index (χ1n) is 8.72. The van der Waals surface area contributed by atoms with Gasteiger partial charge in [-0.1, -0.05) is 31.2 Å². The minimum absolute atomic E-state index is 0.231. The van der Waals surface area contributed by atoms with E-state index >= 15 is 0 Å². The summed E-state index contributed by atoms with van der Waals surface area (Å²) in [4.78, 5) is 18.4. The molecule has 1 aliphatic rings. The Hall–Kier alpha value is -2.40. The summed E-state index contributed by atoms with van der Waals surface area (Å²) in [7, 11) is 1.64. The molecule has 0 bridgehead atoms. The van der Waals surface area contributed by atoms with Gasteiger partial charge in [0.2, 0.25) is 0 Å². The first kappa shape index (κ1) is 17.4. The van der Waals surface area contributed by atoms with Crippen molar-refractivity contribution in [3.63, 3.8) is 0 Å². The maximum atomic E-state index is 11.7. The van der Waals surface area contributed by atoms with Crippen LogP contribution in [0, 0.1) is 0 Å². The van der Waals surface area contributed by atoms with E-state index in [1.165, 1.54) is 5.56 Å². The lowest BCUT2D eigenvalue weighted by Crippen LogP contribution is -2.39. The van der Waals surface area contributed by atoms with Crippen LogP contribution < -0.4 is 4.74 Å². The van der Waals surface area contributed by atoms with Crippen LogP contribution in [0.15, 0.2) is 42.6 Å². The predicted octanol–water partition coefficient (Wildman–Crippen LogP) is 3.29. The molecule has 1 fully saturated rings. The van der Waals surface area contributed by atoms with E-state index in [4.69, 9.17) is 4.74 Å². The second kappa shape index (κ2) is 7.66. The molecule has 1 N–H and O–H groups in total. The number of methoxy groups -OCH3 is 1. The van der Waals surface area contributed by atoms with Crippen LogP contribution in [-0.4, -0.2) is 40.7 Å². The SMILES string of the molecule is CCc1ccc(C(c2ccccc2OC)N2CCCC2C(=O)O)nc1. The number of carboxylic acids is 1. The second-order valence-corrected chi connectivity index (χ2v) is 6.32. The smallest absolute Gasteiger partial charge is 0.320 e. The standard InChI is InChI=1S/C20H24N2O3/c1-3-14-10-11-16(21-13-14)19(15-7-4-5-9-18(15)25-2)22-12-6-8-17(22)20(23)24/h4-5,7,9-11,13,17,19H,3,6,8,12H2,1-2H3,(H,23,24). The number of aryl methyl sites for hydroxylation is 1. The number of hydrogen-bond donors (Lipinski definition) is 1. The number of pyridine rings is 1. The summed E-state index contributed by atoms with van der Waals surface area (Å²) in [5.74, 6) is -0.0208. The fourth-order valence-corrected chi connectivity index (χ4v) is 3.57. The molecule has 1 saturated heterocycles. The fourth-order valence-electron chi connectivity index (χ4n) is 3.57. The molecule has 0 spiro atoms. The van der Waals surface area contributed by atoms with Crippen molar-refractivity contribution < 1.29 is 14.6 Å². The largest absolute Gasteiger partial charge is 0.496 e. The lowest BCUT2D eigenvalue weighted by atomic mass is 9.98. The van der Waals surface area contributed by atoms with Crippen LogP contribution in [-0.2, 0) is 11.2 Å². The number of aromatic nitrogens is 1. The molecule has 5 nitrogen and oxygen atoms in total. The summed E-state index contributed by atoms with van der Waals surface area (Å²) in [6, 6.07) is 11.1. The first-order valence-corrected chi connectivity index (χ1v) is 8.72. The number of hydrogen-bond acceptors (Lipinski definition) is 4. The minimum Gasteiger partial charge on any atom is -0.496 e. The van der Waals surface area contributed by atoms with Gasteiger partial charge in [-0.15, -0.1) is 0 Å². The van der Waals surface area contributed by atoms with E-state index < -0.39 is 12.0 Å². The van der Waals surface area contributed by atoms with Crippen LogP contribution in [0.5, 0.6) is 5.75 Å². The second-order valence-electron chi connectivity index (χ2n) is 6.32. The molecule has 132 valence electrons. The van der Waals surface area contributed by atoms with Crippen LogP contribution in [0.1, 0.15) is 42.6 Å². The number of rotatable bonds is 6. The molecule has 1 aromatic carbocycles. The van der Waals surface area contributed by atoms with Crippen molar-refractivity contribution in [1.29, 1.82) is 0 Å². The number of benzene rings is 1. The van der Waals surface area contributed by atoms with Crippen LogP contribution in [0.4, 0.5) is 0 Å². The molecule has 2 heterocycles. The quantitative estimate of drug-likeness (QED) is 0.874. The Bertz CT molecular complexity index is 730. The Balaban J connectivity index is 2.08. The third kappa shape index (κ3) is 3.51. The summed E-state index contributed by atoms with van der Waals surface area (Å²) in [6.07, 6.45) is 4.33. The zero-order valence-electron chi connectivity index (χ0n) is 14.7. The molecule has 3 rings (SSSR count). The van der Waals surface area contributed by atoms with Crippen molar-refractivity contribution in [2.45, 2.75) is 38.3 Å². The lowest BCUT2D eigenvalue weighted by molar-refractivity contribution is -0.142. The molecule has 0 saturated carbocycles. The third-order valence-corrected chi connectivity index (χ3v) is 4.88. The number of aliphatic carboxylic acids is 1. The molecule has 0 aliphatic carbocycles. The molecule has 1 aliphatic heterocycles. The van der Waals surface area contributed by atoms with Gasteiger partial charge < -0.3 is 9.84 Å². The molecule has 5 heteroatoms. The molecule has 0 radical (unpaired) electrons. The van der Waals surface area contributed by atoms with Gasteiger partial charge in [0.15, 0.2) is 0 Å². The number of nitrogens with zero attached hydrogens (tertiary/aromatic N) is 2. The van der Waals surface area contributed by atoms with Gasteiger partial charge in [-0.3, -0.25) is 14.7 Å². The van der Waals surface area contributed by atoms with Crippen molar-refractivity contribution in [2.75, 3.05) is 13.7 Å². The summed E-state index contributed by atoms with van der Waals surface area (Å²) < 4.78 is 5.55. The summed E-state index contributed by atoms with van der Waals surface area (Å²) in [5, 5.41) is 9.64. The molecule has 25 heavy (non-hydrogen) atoms. The van der Waals surface area contributed by atoms with Gasteiger partial charge in [0, 0.05) is 18.3 Å². The van der Waals surface area contributed by atoms with Crippen molar-refractivity contribution in [3.8, 4) is 5.75 Å². The van der Waals surface area contributed by atoms with Crippen LogP contribution in [0.25, 0.3) is 0 Å². The van der Waals surface area contributed by atoms with Gasteiger partial charge in [0.05, 0.1) is 18.8 Å². The Morgan fingerprint density at radius 1 is 1.36 bits per heavy atom. The average Bonchev–Trinajstić information content (AvgIpc) is 3.12. The summed E-state index contributed by atoms with van der Waals surface area (Å²) >= 11 is 0. The topological polar surface area (TPSA) is 62.7 Å². The van der Waals surface area contributed by atoms with Gasteiger partial charge in [0.1, 0.15) is 11.8 Å². The van der Waals surface area contributed by atoms with E-state index in [1.807, 2.05) is 41.4 Å². The van der Waals surface area contributed by atoms with Crippen LogP contribution >= 0.6 is 0 Å². The number of carboxylic acid groups (broad SMARTS) is 1. The van der Waals surface area contributed by atoms with Gasteiger partial charge in [-0.05, 0) is 37.0 Å². The van der Waals surface area contributed by atoms with Crippen LogP contribution in [0.3, 0.4) is 0 Å². The Labute approximate surface area is 148 Å². The highest BCUT2D eigenvalue weighted by Gasteiger charge is 2.38. The van der Waals surface area contributed by atoms with Crippen LogP contribution in [0.2, 0.25) is 0 Å². The Morgan fingerprint density at radius 3 is 2.80 bits per heavy atom. The monoisotopic (exact) mass is 340 g/mol. The third-order valence-electron chi connectivity index (χ3n) is 4.88. The number of carbonyl (C=O) groups is 1. The first-order chi connectivity index (χ1) is 12.2.